The molecule has 0 bridgehead atoms. The number of aliphatic hydroxyl groups is 1. The molecule has 0 aromatic carbocycles. The number of esters is 2. The molecule has 0 heterocycles. The van der Waals surface area contributed by atoms with Crippen LogP contribution in [0.1, 0.15) is 168 Å². The van der Waals surface area contributed by atoms with Crippen molar-refractivity contribution in [2.45, 2.75) is 168 Å². The lowest BCUT2D eigenvalue weighted by Gasteiger charge is -3.07. The van der Waals surface area contributed by atoms with Crippen LogP contribution in [0.15, 0.2) is 0 Å². The van der Waals surface area contributed by atoms with Crippen molar-refractivity contribution < 1.29 is 24.2 Å². The summed E-state index contributed by atoms with van der Waals surface area (Å²) < 4.78 is 11.3. The standard InChI is InChI=1S/C43H75NO5/c1-3-5-14-22-33(23-15-6-4-2)25-31-49-34(46)24-16-10-9-12-18-27-44(28-19-20-29-45)26-17-11-7-8-13-21-30-48-35(47)32-43-40-37-36-38(40)42(43)39(36)41(37)43/h33,36-42,45H,3-32H2,1-2H3. The second kappa shape index (κ2) is 20.2. The topological polar surface area (TPSA) is 76.1 Å². The minimum Gasteiger partial charge on any atom is -0.466 e. The molecule has 1 N–H and O–H groups in total. The van der Waals surface area contributed by atoms with Gasteiger partial charge in [0.2, 0.25) is 0 Å². The quantitative estimate of drug-likeness (QED) is 0.0537. The lowest BCUT2D eigenvalue weighted by atomic mass is 8.96. The van der Waals surface area contributed by atoms with Crippen LogP contribution in [0.3, 0.4) is 0 Å². The predicted octanol–water partition coefficient (Wildman–Crippen LogP) is 9.75. The van der Waals surface area contributed by atoms with Crippen LogP contribution in [0.5, 0.6) is 0 Å². The number of carbonyl (C=O) groups excluding carboxylic acids is 2. The fourth-order valence-corrected chi connectivity index (χ4v) is 11.8. The van der Waals surface area contributed by atoms with E-state index in [-0.39, 0.29) is 18.5 Å². The van der Waals surface area contributed by atoms with E-state index in [1.54, 1.807) is 0 Å². The SMILES string of the molecule is CCCCCC(CCCCC)CCOC(=O)CCCCCCCN(CCCCO)CCCCCCCCOC(=O)CC12C3C4C5C3C1C5C42. The maximum absolute atomic E-state index is 12.5. The molecule has 0 spiro atoms. The number of nitrogens with zero attached hydrogens (tertiary/aromatic N) is 1. The third-order valence-corrected chi connectivity index (χ3v) is 14.2. The van der Waals surface area contributed by atoms with Crippen molar-refractivity contribution in [3.63, 3.8) is 0 Å². The highest BCUT2D eigenvalue weighted by atomic mass is 16.5. The third kappa shape index (κ3) is 9.27. The molecule has 0 saturated heterocycles. The zero-order chi connectivity index (χ0) is 34.5. The van der Waals surface area contributed by atoms with Gasteiger partial charge in [-0.3, -0.25) is 9.59 Å². The van der Waals surface area contributed by atoms with Crippen molar-refractivity contribution in [2.24, 2.45) is 52.8 Å². The maximum Gasteiger partial charge on any atom is 0.306 e. The van der Waals surface area contributed by atoms with E-state index in [0.29, 0.717) is 25.0 Å². The molecule has 282 valence electrons. The van der Waals surface area contributed by atoms with Gasteiger partial charge in [-0.25, -0.2) is 0 Å². The second-order valence-electron chi connectivity index (χ2n) is 17.2. The molecule has 6 rings (SSSR count). The molecule has 6 aliphatic carbocycles. The first-order valence-electron chi connectivity index (χ1n) is 21.7. The largest absolute Gasteiger partial charge is 0.466 e. The molecular formula is C43H75NO5. The molecule has 0 aromatic rings. The molecule has 49 heavy (non-hydrogen) atoms. The summed E-state index contributed by atoms with van der Waals surface area (Å²) in [5.74, 6) is 7.91. The van der Waals surface area contributed by atoms with Gasteiger partial charge >= 0.3 is 11.9 Å². The molecule has 0 aliphatic heterocycles. The second-order valence-corrected chi connectivity index (χ2v) is 17.2. The van der Waals surface area contributed by atoms with Crippen molar-refractivity contribution in [2.75, 3.05) is 39.5 Å². The van der Waals surface area contributed by atoms with Gasteiger partial charge in [0.1, 0.15) is 0 Å². The minimum atomic E-state index is -0.00223. The van der Waals surface area contributed by atoms with Crippen molar-refractivity contribution in [1.29, 1.82) is 0 Å². The first-order chi connectivity index (χ1) is 24.1. The van der Waals surface area contributed by atoms with Crippen molar-refractivity contribution in [3.05, 3.63) is 0 Å². The Labute approximate surface area is 300 Å². The van der Waals surface area contributed by atoms with E-state index in [4.69, 9.17) is 9.47 Å². The fourth-order valence-electron chi connectivity index (χ4n) is 11.8. The summed E-state index contributed by atoms with van der Waals surface area (Å²) in [5, 5.41) is 9.25. The highest BCUT2D eigenvalue weighted by Gasteiger charge is 3.04. The molecule has 6 nitrogen and oxygen atoms in total. The highest BCUT2D eigenvalue weighted by Crippen LogP contribution is 3.06. The Kier molecular flexibility index (Phi) is 16.1. The lowest BCUT2D eigenvalue weighted by molar-refractivity contribution is -0.613. The predicted molar refractivity (Wildman–Crippen MR) is 198 cm³/mol. The van der Waals surface area contributed by atoms with Gasteiger partial charge in [-0.2, -0.15) is 0 Å². The number of unbranched alkanes of at least 4 members (excludes halogenated alkanes) is 14. The van der Waals surface area contributed by atoms with E-state index >= 15 is 0 Å². The highest BCUT2D eigenvalue weighted by molar-refractivity contribution is 5.73. The summed E-state index contributed by atoms with van der Waals surface area (Å²) in [6.45, 7) is 9.42. The van der Waals surface area contributed by atoms with Crippen LogP contribution in [-0.4, -0.2) is 61.4 Å². The Balaban J connectivity index is 0.799. The van der Waals surface area contributed by atoms with Gasteiger partial charge in [0.05, 0.1) is 19.6 Å². The zero-order valence-electron chi connectivity index (χ0n) is 31.9. The van der Waals surface area contributed by atoms with E-state index in [2.05, 4.69) is 18.7 Å². The van der Waals surface area contributed by atoms with E-state index in [0.717, 1.165) is 118 Å². The van der Waals surface area contributed by atoms with Crippen LogP contribution < -0.4 is 0 Å². The van der Waals surface area contributed by atoms with Gasteiger partial charge in [-0.1, -0.05) is 110 Å². The summed E-state index contributed by atoms with van der Waals surface area (Å²) in [6, 6.07) is 0. The molecule has 6 fully saturated rings. The van der Waals surface area contributed by atoms with E-state index in [1.807, 2.05) is 0 Å². The van der Waals surface area contributed by atoms with Crippen LogP contribution in [0, 0.1) is 52.8 Å². The monoisotopic (exact) mass is 686 g/mol. The van der Waals surface area contributed by atoms with Gasteiger partial charge in [0.15, 0.2) is 0 Å². The third-order valence-electron chi connectivity index (χ3n) is 14.2. The molecule has 6 heteroatoms. The Hall–Kier alpha value is -1.14. The Morgan fingerprint density at radius 3 is 1.65 bits per heavy atom. The molecule has 0 radical (unpaired) electrons. The van der Waals surface area contributed by atoms with Crippen molar-refractivity contribution in [1.82, 2.24) is 4.90 Å². The van der Waals surface area contributed by atoms with Crippen LogP contribution in [-0.2, 0) is 19.1 Å². The average Bonchev–Trinajstić information content (AvgIpc) is 3.10. The molecular weight excluding hydrogens is 610 g/mol. The summed E-state index contributed by atoms with van der Waals surface area (Å²) in [5.41, 5.74) is 0.458. The van der Waals surface area contributed by atoms with Crippen LogP contribution in [0.4, 0.5) is 0 Å². The van der Waals surface area contributed by atoms with Gasteiger partial charge in [0.25, 0.3) is 0 Å². The average molecular weight is 686 g/mol. The van der Waals surface area contributed by atoms with E-state index in [9.17, 15) is 14.7 Å². The van der Waals surface area contributed by atoms with Gasteiger partial charge in [0, 0.05) is 13.0 Å². The number of aliphatic hydroxyl groups excluding tert-OH is 1. The summed E-state index contributed by atoms with van der Waals surface area (Å²) in [6.07, 6.45) is 27.5. The minimum absolute atomic E-state index is 0.00223. The lowest BCUT2D eigenvalue weighted by Crippen LogP contribution is -3.05. The van der Waals surface area contributed by atoms with Crippen LogP contribution in [0.25, 0.3) is 0 Å². The van der Waals surface area contributed by atoms with Crippen molar-refractivity contribution in [3.8, 4) is 0 Å². The first-order valence-corrected chi connectivity index (χ1v) is 21.7. The summed E-state index contributed by atoms with van der Waals surface area (Å²) in [4.78, 5) is 27.4. The van der Waals surface area contributed by atoms with Crippen LogP contribution in [0.2, 0.25) is 0 Å². The van der Waals surface area contributed by atoms with Crippen molar-refractivity contribution >= 4 is 11.9 Å². The number of hydrogen-bond acceptors (Lipinski definition) is 6. The zero-order valence-corrected chi connectivity index (χ0v) is 31.9. The molecule has 6 saturated carbocycles. The van der Waals surface area contributed by atoms with E-state index in [1.165, 1.54) is 96.3 Å². The van der Waals surface area contributed by atoms with Gasteiger partial charge in [-0.15, -0.1) is 0 Å². The molecule has 0 unspecified atom stereocenters. The summed E-state index contributed by atoms with van der Waals surface area (Å²) >= 11 is 0. The number of carbonyl (C=O) groups is 2. The Morgan fingerprint density at radius 2 is 1.08 bits per heavy atom. The first kappa shape index (κ1) is 39.1. The smallest absolute Gasteiger partial charge is 0.306 e. The number of hydrogen-bond donors (Lipinski definition) is 1. The number of ether oxygens (including phenoxy) is 2. The van der Waals surface area contributed by atoms with E-state index < -0.39 is 0 Å². The Morgan fingerprint density at radius 1 is 0.571 bits per heavy atom. The summed E-state index contributed by atoms with van der Waals surface area (Å²) in [7, 11) is 0. The van der Waals surface area contributed by atoms with Crippen LogP contribution >= 0.6 is 0 Å². The van der Waals surface area contributed by atoms with Gasteiger partial charge < -0.3 is 19.5 Å². The Bertz CT molecular complexity index is 922. The molecule has 0 aromatic heterocycles. The number of rotatable bonds is 34. The fraction of sp³-hybridized carbons (Fsp3) is 0.953. The molecule has 6 aliphatic rings. The maximum atomic E-state index is 12.5. The van der Waals surface area contributed by atoms with Gasteiger partial charge in [-0.05, 0) is 117 Å². The molecule has 0 amide bonds. The normalized spacial score (nSPS) is 29.1. The molecule has 0 atom stereocenters.